The summed E-state index contributed by atoms with van der Waals surface area (Å²) < 4.78 is 5.03. The average molecular weight is 223 g/mol. The normalized spacial score (nSPS) is 11.9. The van der Waals surface area contributed by atoms with Crippen LogP contribution < -0.4 is 21.1 Å². The first-order chi connectivity index (χ1) is 7.54. The minimum atomic E-state index is -0.512. The van der Waals surface area contributed by atoms with E-state index < -0.39 is 6.03 Å². The number of ether oxygens (including phenoxy) is 1. The molecule has 1 atom stereocenters. The molecule has 0 aliphatic carbocycles. The summed E-state index contributed by atoms with van der Waals surface area (Å²) in [7, 11) is 1.59. The highest BCUT2D eigenvalue weighted by molar-refractivity contribution is 5.90. The van der Waals surface area contributed by atoms with Crippen molar-refractivity contribution in [2.24, 2.45) is 11.5 Å². The Bertz CT molecular complexity index is 349. The number of primary amides is 1. The maximum atomic E-state index is 11.3. The lowest BCUT2D eigenvalue weighted by Gasteiger charge is -2.22. The lowest BCUT2D eigenvalue weighted by atomic mass is 10.2. The molecule has 0 saturated carbocycles. The van der Waals surface area contributed by atoms with Gasteiger partial charge in [-0.05, 0) is 31.2 Å². The second kappa shape index (κ2) is 5.37. The Kier molecular flexibility index (Phi) is 4.13. The third-order valence-electron chi connectivity index (χ3n) is 2.12. The second-order valence-electron chi connectivity index (χ2n) is 3.62. The molecule has 0 bridgehead atoms. The molecule has 2 amide bonds. The van der Waals surface area contributed by atoms with Gasteiger partial charge in [-0.1, -0.05) is 0 Å². The van der Waals surface area contributed by atoms with Gasteiger partial charge in [0.05, 0.1) is 7.11 Å². The quantitative estimate of drug-likeness (QED) is 0.796. The number of anilines is 1. The van der Waals surface area contributed by atoms with Gasteiger partial charge < -0.3 is 16.2 Å². The summed E-state index contributed by atoms with van der Waals surface area (Å²) in [6.45, 7) is 2.21. The minimum absolute atomic E-state index is 0.130. The summed E-state index contributed by atoms with van der Waals surface area (Å²) >= 11 is 0. The average Bonchev–Trinajstić information content (AvgIpc) is 2.25. The monoisotopic (exact) mass is 223 g/mol. The summed E-state index contributed by atoms with van der Waals surface area (Å²) in [6.07, 6.45) is 0. The van der Waals surface area contributed by atoms with Crippen LogP contribution in [0.1, 0.15) is 6.92 Å². The highest BCUT2D eigenvalue weighted by atomic mass is 16.5. The largest absolute Gasteiger partial charge is 0.497 e. The standard InChI is InChI=1S/C11H17N3O2/c1-8(12)7-14(11(13)15)9-3-5-10(16-2)6-4-9/h3-6,8H,7,12H2,1-2H3,(H2,13,15). The Morgan fingerprint density at radius 2 is 2.00 bits per heavy atom. The summed E-state index contributed by atoms with van der Waals surface area (Å²) in [6, 6.07) is 6.44. The zero-order valence-electron chi connectivity index (χ0n) is 9.51. The fourth-order valence-corrected chi connectivity index (χ4v) is 1.37. The van der Waals surface area contributed by atoms with Crippen LogP contribution >= 0.6 is 0 Å². The highest BCUT2D eigenvalue weighted by Crippen LogP contribution is 2.19. The molecule has 16 heavy (non-hydrogen) atoms. The van der Waals surface area contributed by atoms with Crippen molar-refractivity contribution in [2.45, 2.75) is 13.0 Å². The maximum Gasteiger partial charge on any atom is 0.319 e. The van der Waals surface area contributed by atoms with E-state index in [1.807, 2.05) is 6.92 Å². The molecule has 0 heterocycles. The number of methoxy groups -OCH3 is 1. The van der Waals surface area contributed by atoms with Crippen LogP contribution in [-0.4, -0.2) is 25.7 Å². The molecular formula is C11H17N3O2. The highest BCUT2D eigenvalue weighted by Gasteiger charge is 2.13. The number of carbonyl (C=O) groups is 1. The zero-order chi connectivity index (χ0) is 12.1. The summed E-state index contributed by atoms with van der Waals surface area (Å²) in [5.74, 6) is 0.731. The van der Waals surface area contributed by atoms with Crippen LogP contribution in [0.2, 0.25) is 0 Å². The fraction of sp³-hybridized carbons (Fsp3) is 0.364. The van der Waals surface area contributed by atoms with Gasteiger partial charge in [-0.25, -0.2) is 4.79 Å². The minimum Gasteiger partial charge on any atom is -0.497 e. The van der Waals surface area contributed by atoms with E-state index in [0.717, 1.165) is 5.75 Å². The van der Waals surface area contributed by atoms with Crippen molar-refractivity contribution in [3.63, 3.8) is 0 Å². The first kappa shape index (κ1) is 12.3. The van der Waals surface area contributed by atoms with Crippen molar-refractivity contribution >= 4 is 11.7 Å². The molecular weight excluding hydrogens is 206 g/mol. The van der Waals surface area contributed by atoms with Gasteiger partial charge in [0.25, 0.3) is 0 Å². The van der Waals surface area contributed by atoms with Crippen LogP contribution in [0.5, 0.6) is 5.75 Å². The zero-order valence-corrected chi connectivity index (χ0v) is 9.51. The number of amides is 2. The molecule has 0 aliphatic rings. The molecule has 0 aromatic heterocycles. The van der Waals surface area contributed by atoms with E-state index in [2.05, 4.69) is 0 Å². The van der Waals surface area contributed by atoms with Crippen molar-refractivity contribution in [1.29, 1.82) is 0 Å². The van der Waals surface area contributed by atoms with Crippen molar-refractivity contribution in [2.75, 3.05) is 18.6 Å². The Morgan fingerprint density at radius 1 is 1.44 bits per heavy atom. The van der Waals surface area contributed by atoms with E-state index >= 15 is 0 Å². The van der Waals surface area contributed by atoms with E-state index in [9.17, 15) is 4.79 Å². The van der Waals surface area contributed by atoms with Gasteiger partial charge in [0, 0.05) is 18.3 Å². The summed E-state index contributed by atoms with van der Waals surface area (Å²) in [5, 5.41) is 0. The van der Waals surface area contributed by atoms with Crippen LogP contribution in [0.4, 0.5) is 10.5 Å². The van der Waals surface area contributed by atoms with Crippen molar-refractivity contribution in [1.82, 2.24) is 0 Å². The Labute approximate surface area is 95.0 Å². The van der Waals surface area contributed by atoms with Gasteiger partial charge in [0.15, 0.2) is 0 Å². The molecule has 1 rings (SSSR count). The topological polar surface area (TPSA) is 81.6 Å². The summed E-state index contributed by atoms with van der Waals surface area (Å²) in [5.41, 5.74) is 11.7. The van der Waals surface area contributed by atoms with Gasteiger partial charge in [-0.2, -0.15) is 0 Å². The van der Waals surface area contributed by atoms with Gasteiger partial charge in [0.1, 0.15) is 5.75 Å². The van der Waals surface area contributed by atoms with E-state index in [0.29, 0.717) is 12.2 Å². The second-order valence-corrected chi connectivity index (χ2v) is 3.62. The van der Waals surface area contributed by atoms with E-state index in [1.54, 1.807) is 31.4 Å². The number of carbonyl (C=O) groups excluding carboxylic acids is 1. The van der Waals surface area contributed by atoms with E-state index in [-0.39, 0.29) is 6.04 Å². The molecule has 0 fully saturated rings. The number of rotatable bonds is 4. The molecule has 1 unspecified atom stereocenters. The number of nitrogens with zero attached hydrogens (tertiary/aromatic N) is 1. The first-order valence-electron chi connectivity index (χ1n) is 5.01. The Hall–Kier alpha value is -1.75. The van der Waals surface area contributed by atoms with Gasteiger partial charge in [-0.15, -0.1) is 0 Å². The number of hydrogen-bond acceptors (Lipinski definition) is 3. The number of benzene rings is 1. The molecule has 5 nitrogen and oxygen atoms in total. The van der Waals surface area contributed by atoms with Gasteiger partial charge >= 0.3 is 6.03 Å². The predicted molar refractivity (Wildman–Crippen MR) is 63.6 cm³/mol. The van der Waals surface area contributed by atoms with Crippen molar-refractivity contribution in [3.8, 4) is 5.75 Å². The lowest BCUT2D eigenvalue weighted by Crippen LogP contribution is -2.42. The molecule has 0 saturated heterocycles. The van der Waals surface area contributed by atoms with Crippen LogP contribution in [0, 0.1) is 0 Å². The van der Waals surface area contributed by atoms with Crippen LogP contribution in [0.15, 0.2) is 24.3 Å². The third-order valence-corrected chi connectivity index (χ3v) is 2.12. The number of urea groups is 1. The predicted octanol–water partition coefficient (Wildman–Crippen LogP) is 0.927. The third kappa shape index (κ3) is 3.13. The van der Waals surface area contributed by atoms with Crippen molar-refractivity contribution < 1.29 is 9.53 Å². The molecule has 5 heteroatoms. The summed E-state index contributed by atoms with van der Waals surface area (Å²) in [4.78, 5) is 12.7. The molecule has 88 valence electrons. The van der Waals surface area contributed by atoms with E-state index in [4.69, 9.17) is 16.2 Å². The molecule has 1 aromatic carbocycles. The first-order valence-corrected chi connectivity index (χ1v) is 5.01. The Morgan fingerprint density at radius 3 is 2.38 bits per heavy atom. The SMILES string of the molecule is COc1ccc(N(CC(C)N)C(N)=O)cc1. The molecule has 4 N–H and O–H groups in total. The maximum absolute atomic E-state index is 11.3. The van der Waals surface area contributed by atoms with Crippen LogP contribution in [-0.2, 0) is 0 Å². The smallest absolute Gasteiger partial charge is 0.319 e. The fourth-order valence-electron chi connectivity index (χ4n) is 1.37. The molecule has 0 radical (unpaired) electrons. The molecule has 0 aliphatic heterocycles. The van der Waals surface area contributed by atoms with Crippen molar-refractivity contribution in [3.05, 3.63) is 24.3 Å². The van der Waals surface area contributed by atoms with Gasteiger partial charge in [-0.3, -0.25) is 4.90 Å². The van der Waals surface area contributed by atoms with Crippen LogP contribution in [0.3, 0.4) is 0 Å². The Balaban J connectivity index is 2.88. The molecule has 1 aromatic rings. The van der Waals surface area contributed by atoms with Crippen LogP contribution in [0.25, 0.3) is 0 Å². The number of hydrogen-bond donors (Lipinski definition) is 2. The van der Waals surface area contributed by atoms with E-state index in [1.165, 1.54) is 4.90 Å². The molecule has 0 spiro atoms. The van der Waals surface area contributed by atoms with Gasteiger partial charge in [0.2, 0.25) is 0 Å². The number of nitrogens with two attached hydrogens (primary N) is 2. The lowest BCUT2D eigenvalue weighted by molar-refractivity contribution is 0.253.